The van der Waals surface area contributed by atoms with Gasteiger partial charge in [0.2, 0.25) is 0 Å². The van der Waals surface area contributed by atoms with Gasteiger partial charge in [0.25, 0.3) is 0 Å². The maximum atomic E-state index is 12.3. The maximum absolute atomic E-state index is 12.3. The van der Waals surface area contributed by atoms with Gasteiger partial charge in [0.05, 0.1) is 24.4 Å². The molecule has 0 radical (unpaired) electrons. The second kappa shape index (κ2) is 8.76. The summed E-state index contributed by atoms with van der Waals surface area (Å²) in [5, 5.41) is 0. The van der Waals surface area contributed by atoms with Crippen LogP contribution in [0.5, 0.6) is 0 Å². The smallest absolute Gasteiger partial charge is 0.338 e. The third kappa shape index (κ3) is 6.04. The maximum Gasteiger partial charge on any atom is 0.338 e. The lowest BCUT2D eigenvalue weighted by Gasteiger charge is -2.13. The first kappa shape index (κ1) is 18.5. The van der Waals surface area contributed by atoms with Crippen LogP contribution >= 0.6 is 0 Å². The van der Waals surface area contributed by atoms with Gasteiger partial charge >= 0.3 is 11.9 Å². The molecule has 1 rings (SSSR count). The zero-order valence-electron chi connectivity index (χ0n) is 14.3. The van der Waals surface area contributed by atoms with Gasteiger partial charge in [0.15, 0.2) is 0 Å². The van der Waals surface area contributed by atoms with Crippen molar-refractivity contribution in [2.45, 2.75) is 47.5 Å². The van der Waals surface area contributed by atoms with Gasteiger partial charge in [-0.25, -0.2) is 9.59 Å². The van der Waals surface area contributed by atoms with Gasteiger partial charge in [-0.1, -0.05) is 46.8 Å². The predicted molar refractivity (Wildman–Crippen MR) is 86.2 cm³/mol. The Morgan fingerprint density at radius 1 is 1.09 bits per heavy atom. The molecule has 0 heterocycles. The molecule has 1 aliphatic carbocycles. The SMILES string of the molecule is CC(C)COC(=O)C1=C(C(=O)OCC(C)C)CCC(C)C=C1. The molecular formula is C18H28O4. The molecule has 0 amide bonds. The van der Waals surface area contributed by atoms with E-state index in [1.165, 1.54) is 0 Å². The van der Waals surface area contributed by atoms with E-state index in [9.17, 15) is 9.59 Å². The molecule has 0 aliphatic heterocycles. The fraction of sp³-hybridized carbons (Fsp3) is 0.667. The Hall–Kier alpha value is -1.58. The highest BCUT2D eigenvalue weighted by Crippen LogP contribution is 2.24. The van der Waals surface area contributed by atoms with Crippen molar-refractivity contribution < 1.29 is 19.1 Å². The second-order valence-corrected chi connectivity index (χ2v) is 6.75. The molecule has 4 heteroatoms. The molecule has 22 heavy (non-hydrogen) atoms. The summed E-state index contributed by atoms with van der Waals surface area (Å²) in [7, 11) is 0. The number of esters is 2. The molecule has 1 unspecified atom stereocenters. The number of hydrogen-bond acceptors (Lipinski definition) is 4. The highest BCUT2D eigenvalue weighted by Gasteiger charge is 2.24. The highest BCUT2D eigenvalue weighted by atomic mass is 16.5. The summed E-state index contributed by atoms with van der Waals surface area (Å²) >= 11 is 0. The molecule has 0 fully saturated rings. The Morgan fingerprint density at radius 3 is 2.18 bits per heavy atom. The molecule has 0 aromatic carbocycles. The molecule has 1 atom stereocenters. The van der Waals surface area contributed by atoms with E-state index >= 15 is 0 Å². The molecule has 1 aliphatic rings. The summed E-state index contributed by atoms with van der Waals surface area (Å²) in [6.45, 7) is 10.7. The Morgan fingerprint density at radius 2 is 1.64 bits per heavy atom. The first-order chi connectivity index (χ1) is 10.3. The van der Waals surface area contributed by atoms with E-state index in [-0.39, 0.29) is 11.8 Å². The minimum absolute atomic E-state index is 0.259. The lowest BCUT2D eigenvalue weighted by Crippen LogP contribution is -2.18. The highest BCUT2D eigenvalue weighted by molar-refractivity contribution is 6.02. The van der Waals surface area contributed by atoms with Crippen molar-refractivity contribution in [1.29, 1.82) is 0 Å². The predicted octanol–water partition coefficient (Wildman–Crippen LogP) is 3.67. The molecule has 0 bridgehead atoms. The Balaban J connectivity index is 2.93. The summed E-state index contributed by atoms with van der Waals surface area (Å²) < 4.78 is 10.6. The Bertz CT molecular complexity index is 458. The second-order valence-electron chi connectivity index (χ2n) is 6.75. The van der Waals surface area contributed by atoms with E-state index < -0.39 is 11.9 Å². The first-order valence-electron chi connectivity index (χ1n) is 8.06. The summed E-state index contributed by atoms with van der Waals surface area (Å²) in [5.41, 5.74) is 0.786. The fourth-order valence-electron chi connectivity index (χ4n) is 2.02. The molecule has 4 nitrogen and oxygen atoms in total. The number of rotatable bonds is 6. The van der Waals surface area contributed by atoms with Crippen LogP contribution in [0.3, 0.4) is 0 Å². The topological polar surface area (TPSA) is 52.6 Å². The van der Waals surface area contributed by atoms with Gasteiger partial charge in [0.1, 0.15) is 0 Å². The van der Waals surface area contributed by atoms with Crippen molar-refractivity contribution in [1.82, 2.24) is 0 Å². The van der Waals surface area contributed by atoms with Crippen molar-refractivity contribution in [2.75, 3.05) is 13.2 Å². The van der Waals surface area contributed by atoms with Gasteiger partial charge in [-0.2, -0.15) is 0 Å². The van der Waals surface area contributed by atoms with E-state index in [1.807, 2.05) is 33.8 Å². The number of carbonyl (C=O) groups excluding carboxylic acids is 2. The zero-order valence-corrected chi connectivity index (χ0v) is 14.3. The standard InChI is InChI=1S/C18H28O4/c1-12(2)10-21-17(19)15-8-6-14(5)7-9-16(15)18(20)22-11-13(3)4/h6,8,12-14H,7,9-11H2,1-5H3. The molecule has 0 N–H and O–H groups in total. The van der Waals surface area contributed by atoms with Crippen LogP contribution in [0.25, 0.3) is 0 Å². The quantitative estimate of drug-likeness (QED) is 0.703. The summed E-state index contributed by atoms with van der Waals surface area (Å²) in [4.78, 5) is 24.6. The van der Waals surface area contributed by atoms with Crippen LogP contribution in [0.2, 0.25) is 0 Å². The van der Waals surface area contributed by atoms with Crippen LogP contribution in [0.4, 0.5) is 0 Å². The van der Waals surface area contributed by atoms with Crippen molar-refractivity contribution in [2.24, 2.45) is 17.8 Å². The summed E-state index contributed by atoms with van der Waals surface area (Å²) in [6.07, 6.45) is 5.03. The molecule has 0 spiro atoms. The van der Waals surface area contributed by atoms with Crippen LogP contribution in [-0.2, 0) is 19.1 Å². The van der Waals surface area contributed by atoms with Gasteiger partial charge in [0, 0.05) is 0 Å². The average molecular weight is 308 g/mol. The van der Waals surface area contributed by atoms with Gasteiger partial charge in [-0.3, -0.25) is 0 Å². The van der Waals surface area contributed by atoms with E-state index in [0.29, 0.717) is 36.7 Å². The monoisotopic (exact) mass is 308 g/mol. The van der Waals surface area contributed by atoms with Crippen molar-refractivity contribution in [3.8, 4) is 0 Å². The Labute approximate surface area is 133 Å². The van der Waals surface area contributed by atoms with E-state index in [2.05, 4.69) is 6.92 Å². The number of carbonyl (C=O) groups is 2. The third-order valence-electron chi connectivity index (χ3n) is 3.33. The largest absolute Gasteiger partial charge is 0.462 e. The molecule has 0 aromatic rings. The van der Waals surface area contributed by atoms with E-state index in [1.54, 1.807) is 6.08 Å². The fourth-order valence-corrected chi connectivity index (χ4v) is 2.02. The van der Waals surface area contributed by atoms with Crippen molar-refractivity contribution in [3.63, 3.8) is 0 Å². The molecular weight excluding hydrogens is 280 g/mol. The Kier molecular flexibility index (Phi) is 7.36. The summed E-state index contributed by atoms with van der Waals surface area (Å²) in [5.74, 6) is 0.0125. The number of allylic oxidation sites excluding steroid dienone is 1. The normalized spacial score (nSPS) is 18.6. The molecule has 0 saturated carbocycles. The minimum Gasteiger partial charge on any atom is -0.462 e. The summed E-state index contributed by atoms with van der Waals surface area (Å²) in [6, 6.07) is 0. The van der Waals surface area contributed by atoms with Crippen molar-refractivity contribution in [3.05, 3.63) is 23.3 Å². The lowest BCUT2D eigenvalue weighted by atomic mass is 10.0. The third-order valence-corrected chi connectivity index (χ3v) is 3.33. The van der Waals surface area contributed by atoms with Crippen LogP contribution in [0, 0.1) is 17.8 Å². The molecule has 0 saturated heterocycles. The number of ether oxygens (including phenoxy) is 2. The minimum atomic E-state index is -0.435. The van der Waals surface area contributed by atoms with Gasteiger partial charge in [-0.05, 0) is 30.6 Å². The molecule has 0 aromatic heterocycles. The van der Waals surface area contributed by atoms with Gasteiger partial charge in [-0.15, -0.1) is 0 Å². The van der Waals surface area contributed by atoms with Crippen LogP contribution < -0.4 is 0 Å². The zero-order chi connectivity index (χ0) is 16.7. The van der Waals surface area contributed by atoms with Crippen LogP contribution in [0.15, 0.2) is 23.3 Å². The van der Waals surface area contributed by atoms with Crippen LogP contribution in [0.1, 0.15) is 47.5 Å². The van der Waals surface area contributed by atoms with Gasteiger partial charge < -0.3 is 9.47 Å². The number of hydrogen-bond donors (Lipinski definition) is 0. The lowest BCUT2D eigenvalue weighted by molar-refractivity contribution is -0.143. The van der Waals surface area contributed by atoms with E-state index in [4.69, 9.17) is 9.47 Å². The van der Waals surface area contributed by atoms with Crippen molar-refractivity contribution >= 4 is 11.9 Å². The molecule has 124 valence electrons. The first-order valence-corrected chi connectivity index (χ1v) is 8.06. The average Bonchev–Trinajstić information content (AvgIpc) is 2.64. The van der Waals surface area contributed by atoms with E-state index in [0.717, 1.165) is 6.42 Å². The van der Waals surface area contributed by atoms with Crippen LogP contribution in [-0.4, -0.2) is 25.2 Å².